The van der Waals surface area contributed by atoms with E-state index in [4.69, 9.17) is 5.11 Å². The molecule has 0 radical (unpaired) electrons. The van der Waals surface area contributed by atoms with E-state index < -0.39 is 36.1 Å². The molecular weight excluding hydrogens is 263 g/mol. The second kappa shape index (κ2) is 3.86. The lowest BCUT2D eigenvalue weighted by Gasteiger charge is -2.25. The van der Waals surface area contributed by atoms with E-state index in [1.807, 2.05) is 0 Å². The molecule has 0 bridgehead atoms. The van der Waals surface area contributed by atoms with E-state index in [2.05, 4.69) is 9.68 Å². The first-order valence-electron chi connectivity index (χ1n) is 3.93. The van der Waals surface area contributed by atoms with Crippen LogP contribution in [-0.2, 0) is 12.5 Å². The highest BCUT2D eigenvalue weighted by atomic mass is 19.4. The first-order valence-corrected chi connectivity index (χ1v) is 3.93. The lowest BCUT2D eigenvalue weighted by molar-refractivity contribution is -0.363. The van der Waals surface area contributed by atoms with Crippen molar-refractivity contribution in [2.24, 2.45) is 0 Å². The zero-order chi connectivity index (χ0) is 13.5. The summed E-state index contributed by atoms with van der Waals surface area (Å²) in [6.07, 6.45) is -6.44. The topological polar surface area (TPSA) is 46.3 Å². The smallest absolute Gasteiger partial charge is 0.390 e. The van der Waals surface area contributed by atoms with Crippen molar-refractivity contribution in [3.63, 3.8) is 0 Å². The van der Waals surface area contributed by atoms with Crippen LogP contribution in [0.1, 0.15) is 11.5 Å². The zero-order valence-electron chi connectivity index (χ0n) is 7.73. The van der Waals surface area contributed by atoms with Crippen LogP contribution in [0.25, 0.3) is 0 Å². The monoisotopic (exact) mass is 267 g/mol. The number of aromatic nitrogens is 1. The Kier molecular flexibility index (Phi) is 3.12. The summed E-state index contributed by atoms with van der Waals surface area (Å²) in [5, 5.41) is 11.1. The SMILES string of the molecule is OCc1cc(C(F)(F)C(F)(F)C(F)(F)F)on1. The number of hydrogen-bond donors (Lipinski definition) is 1. The molecule has 0 saturated heterocycles. The Bertz CT molecular complexity index is 397. The van der Waals surface area contributed by atoms with E-state index >= 15 is 0 Å². The maximum atomic E-state index is 12.9. The van der Waals surface area contributed by atoms with Crippen LogP contribution in [0.3, 0.4) is 0 Å². The average molecular weight is 267 g/mol. The minimum absolute atomic E-state index is 0.125. The highest BCUT2D eigenvalue weighted by Crippen LogP contribution is 2.51. The van der Waals surface area contributed by atoms with Gasteiger partial charge in [-0.1, -0.05) is 5.16 Å². The Morgan fingerprint density at radius 3 is 2.00 bits per heavy atom. The molecule has 0 amide bonds. The average Bonchev–Trinajstić information content (AvgIpc) is 2.64. The fourth-order valence-electron chi connectivity index (χ4n) is 0.867. The van der Waals surface area contributed by atoms with Crippen LogP contribution in [0.5, 0.6) is 0 Å². The quantitative estimate of drug-likeness (QED) is 0.855. The van der Waals surface area contributed by atoms with E-state index in [-0.39, 0.29) is 6.07 Å². The van der Waals surface area contributed by atoms with Gasteiger partial charge in [-0.25, -0.2) is 0 Å². The molecule has 0 aromatic carbocycles. The van der Waals surface area contributed by atoms with E-state index in [1.54, 1.807) is 0 Å². The van der Waals surface area contributed by atoms with E-state index in [0.717, 1.165) is 0 Å². The van der Waals surface area contributed by atoms with Gasteiger partial charge < -0.3 is 9.63 Å². The number of halogens is 7. The van der Waals surface area contributed by atoms with Gasteiger partial charge >= 0.3 is 18.0 Å². The van der Waals surface area contributed by atoms with Crippen molar-refractivity contribution < 1.29 is 40.4 Å². The Hall–Kier alpha value is -1.32. The number of alkyl halides is 7. The van der Waals surface area contributed by atoms with Gasteiger partial charge in [-0.3, -0.25) is 0 Å². The van der Waals surface area contributed by atoms with Crippen LogP contribution in [0, 0.1) is 0 Å². The predicted molar refractivity (Wildman–Crippen MR) is 37.3 cm³/mol. The molecular formula is C7H4F7NO2. The highest BCUT2D eigenvalue weighted by molar-refractivity contribution is 5.14. The molecule has 0 unspecified atom stereocenters. The first kappa shape index (κ1) is 13.7. The van der Waals surface area contributed by atoms with Crippen LogP contribution in [0.15, 0.2) is 10.6 Å². The largest absolute Gasteiger partial charge is 0.460 e. The molecule has 0 saturated carbocycles. The summed E-state index contributed by atoms with van der Waals surface area (Å²) in [6.45, 7) is -0.933. The molecule has 0 fully saturated rings. The third kappa shape index (κ3) is 2.08. The van der Waals surface area contributed by atoms with E-state index in [9.17, 15) is 30.7 Å². The Balaban J connectivity index is 3.18. The van der Waals surface area contributed by atoms with Crippen LogP contribution in [0.4, 0.5) is 30.7 Å². The highest BCUT2D eigenvalue weighted by Gasteiger charge is 2.75. The fourth-order valence-corrected chi connectivity index (χ4v) is 0.867. The molecule has 0 spiro atoms. The molecule has 1 N–H and O–H groups in total. The molecule has 10 heteroatoms. The lowest BCUT2D eigenvalue weighted by Crippen LogP contribution is -2.49. The summed E-state index contributed by atoms with van der Waals surface area (Å²) in [4.78, 5) is 0. The maximum Gasteiger partial charge on any atom is 0.460 e. The van der Waals surface area contributed by atoms with Crippen molar-refractivity contribution in [3.05, 3.63) is 17.5 Å². The summed E-state index contributed by atoms with van der Waals surface area (Å²) in [5.74, 6) is -13.9. The van der Waals surface area contributed by atoms with Gasteiger partial charge in [0.15, 0.2) is 0 Å². The van der Waals surface area contributed by atoms with Gasteiger partial charge in [0.2, 0.25) is 5.76 Å². The molecule has 1 heterocycles. The van der Waals surface area contributed by atoms with Crippen LogP contribution in [-0.4, -0.2) is 22.4 Å². The normalized spacial score (nSPS) is 14.1. The van der Waals surface area contributed by atoms with Gasteiger partial charge in [0.25, 0.3) is 0 Å². The predicted octanol–water partition coefficient (Wildman–Crippen LogP) is 2.46. The third-order valence-electron chi connectivity index (χ3n) is 1.78. The van der Waals surface area contributed by atoms with Crippen molar-refractivity contribution >= 4 is 0 Å². The van der Waals surface area contributed by atoms with Crippen LogP contribution < -0.4 is 0 Å². The minimum Gasteiger partial charge on any atom is -0.390 e. The van der Waals surface area contributed by atoms with Crippen LogP contribution in [0.2, 0.25) is 0 Å². The molecule has 17 heavy (non-hydrogen) atoms. The molecule has 0 aliphatic heterocycles. The molecule has 3 nitrogen and oxygen atoms in total. The number of rotatable bonds is 3. The molecule has 1 rings (SSSR count). The van der Waals surface area contributed by atoms with Crippen LogP contribution >= 0.6 is 0 Å². The Labute approximate surface area is 88.8 Å². The van der Waals surface area contributed by atoms with Crippen molar-refractivity contribution in [1.82, 2.24) is 5.16 Å². The second-order valence-electron chi connectivity index (χ2n) is 2.99. The van der Waals surface area contributed by atoms with Crippen molar-refractivity contribution in [3.8, 4) is 0 Å². The Morgan fingerprint density at radius 1 is 1.12 bits per heavy atom. The van der Waals surface area contributed by atoms with Gasteiger partial charge in [-0.15, -0.1) is 0 Å². The number of hydrogen-bond acceptors (Lipinski definition) is 3. The van der Waals surface area contributed by atoms with Gasteiger partial charge in [0, 0.05) is 6.07 Å². The van der Waals surface area contributed by atoms with Crippen molar-refractivity contribution in [2.75, 3.05) is 0 Å². The summed E-state index contributed by atoms with van der Waals surface area (Å²) in [7, 11) is 0. The molecule has 0 aliphatic rings. The molecule has 98 valence electrons. The molecule has 0 atom stereocenters. The number of aliphatic hydroxyl groups is 1. The third-order valence-corrected chi connectivity index (χ3v) is 1.78. The maximum absolute atomic E-state index is 12.9. The molecule has 1 aromatic rings. The molecule has 0 aliphatic carbocycles. The minimum atomic E-state index is -6.44. The number of nitrogens with zero attached hydrogens (tertiary/aromatic N) is 1. The standard InChI is InChI=1S/C7H4F7NO2/c8-5(9,6(10,11)7(12,13)14)4-1-3(2-16)15-17-4/h1,16H,2H2. The Morgan fingerprint density at radius 2 is 1.65 bits per heavy atom. The van der Waals surface area contributed by atoms with E-state index in [0.29, 0.717) is 0 Å². The summed E-state index contributed by atoms with van der Waals surface area (Å²) in [6, 6.07) is 0.125. The molecule has 1 aromatic heterocycles. The summed E-state index contributed by atoms with van der Waals surface area (Å²) >= 11 is 0. The summed E-state index contributed by atoms with van der Waals surface area (Å²) < 4.78 is 89.7. The van der Waals surface area contributed by atoms with Gasteiger partial charge in [-0.05, 0) is 0 Å². The van der Waals surface area contributed by atoms with Gasteiger partial charge in [-0.2, -0.15) is 30.7 Å². The van der Waals surface area contributed by atoms with Gasteiger partial charge in [0.05, 0.1) is 6.61 Å². The van der Waals surface area contributed by atoms with Gasteiger partial charge in [0.1, 0.15) is 5.69 Å². The van der Waals surface area contributed by atoms with Crippen molar-refractivity contribution in [1.29, 1.82) is 0 Å². The fraction of sp³-hybridized carbons (Fsp3) is 0.571. The summed E-state index contributed by atoms with van der Waals surface area (Å²) in [5.41, 5.74) is -0.586. The number of aliphatic hydroxyl groups excluding tert-OH is 1. The van der Waals surface area contributed by atoms with Crippen molar-refractivity contribution in [2.45, 2.75) is 24.6 Å². The second-order valence-corrected chi connectivity index (χ2v) is 2.99. The lowest BCUT2D eigenvalue weighted by atomic mass is 10.1. The first-order chi connectivity index (χ1) is 7.54. The van der Waals surface area contributed by atoms with E-state index in [1.165, 1.54) is 0 Å². The zero-order valence-corrected chi connectivity index (χ0v) is 7.73.